The number of aromatic nitrogens is 1. The molecule has 10 rings (SSSR count). The Morgan fingerprint density at radius 3 is 1.66 bits per heavy atom. The summed E-state index contributed by atoms with van der Waals surface area (Å²) in [6, 6.07) is 42.7. The van der Waals surface area contributed by atoms with E-state index in [1.54, 1.807) is 20.8 Å². The van der Waals surface area contributed by atoms with Gasteiger partial charge in [-0.25, -0.2) is 9.59 Å². The number of thioether (sulfide) groups is 1. The van der Waals surface area contributed by atoms with Gasteiger partial charge in [0.05, 0.1) is 49.5 Å². The van der Waals surface area contributed by atoms with Gasteiger partial charge in [-0.2, -0.15) is 11.8 Å². The van der Waals surface area contributed by atoms with Crippen LogP contribution in [0, 0.1) is 29.6 Å². The van der Waals surface area contributed by atoms with Gasteiger partial charge in [-0.3, -0.25) is 38.4 Å². The van der Waals surface area contributed by atoms with E-state index < -0.39 is 65.1 Å². The number of aromatic amines is 1. The molecule has 2 unspecified atom stereocenters. The van der Waals surface area contributed by atoms with Crippen LogP contribution in [0.25, 0.3) is 10.9 Å². The van der Waals surface area contributed by atoms with Crippen LogP contribution in [0.2, 0.25) is 0 Å². The van der Waals surface area contributed by atoms with Crippen LogP contribution in [0.4, 0.5) is 9.59 Å². The first-order valence-electron chi connectivity index (χ1n) is 36.6. The summed E-state index contributed by atoms with van der Waals surface area (Å²) in [5.74, 6) is -3.12. The highest BCUT2D eigenvalue weighted by molar-refractivity contribution is 8.00. The van der Waals surface area contributed by atoms with Crippen molar-refractivity contribution in [3.8, 4) is 0 Å². The molecule has 550 valence electrons. The number of Topliss-reactive ketones (excluding diaryl/α,β-unsaturated/α-hetero) is 5. The molecule has 6 amide bonds. The third-order valence-electron chi connectivity index (χ3n) is 19.9. The quantitative estimate of drug-likeness (QED) is 0.0107. The molecule has 7 N–H and O–H groups in total. The summed E-state index contributed by atoms with van der Waals surface area (Å²) >= 11 is 1.86. The van der Waals surface area contributed by atoms with Gasteiger partial charge in [-0.1, -0.05) is 181 Å². The van der Waals surface area contributed by atoms with Crippen LogP contribution in [0.1, 0.15) is 147 Å². The highest BCUT2D eigenvalue weighted by atomic mass is 32.2. The number of benzene rings is 5. The van der Waals surface area contributed by atoms with Crippen LogP contribution in [0.5, 0.6) is 0 Å². The average molecular weight is 1430 g/mol. The van der Waals surface area contributed by atoms with E-state index in [2.05, 4.69) is 36.9 Å². The summed E-state index contributed by atoms with van der Waals surface area (Å²) in [5, 5.41) is 19.0. The molecule has 103 heavy (non-hydrogen) atoms. The number of hydrogen-bond acceptors (Lipinski definition) is 14. The number of epoxide rings is 2. The maximum atomic E-state index is 14.3. The molecule has 0 spiro atoms. The molecule has 20 nitrogen and oxygen atoms in total. The molecular weight excluding hydrogens is 1320 g/mol. The smallest absolute Gasteiger partial charge is 0.408 e. The Kier molecular flexibility index (Phi) is 28.6. The second-order valence-electron chi connectivity index (χ2n) is 29.4. The van der Waals surface area contributed by atoms with Gasteiger partial charge in [0.15, 0.2) is 23.1 Å². The molecule has 1 aromatic heterocycles. The third kappa shape index (κ3) is 23.6. The van der Waals surface area contributed by atoms with Crippen molar-refractivity contribution < 1.29 is 62.2 Å². The summed E-state index contributed by atoms with van der Waals surface area (Å²) in [5.41, 5.74) is 3.63. The molecule has 0 radical (unpaired) electrons. The first kappa shape index (κ1) is 78.3. The largest absolute Gasteiger partial charge is 0.445 e. The molecule has 4 aliphatic rings. The van der Waals surface area contributed by atoms with Gasteiger partial charge in [0.1, 0.15) is 23.6 Å². The van der Waals surface area contributed by atoms with E-state index in [0.29, 0.717) is 69.8 Å². The maximum Gasteiger partial charge on any atom is 0.408 e. The lowest BCUT2D eigenvalue weighted by Crippen LogP contribution is -2.50. The van der Waals surface area contributed by atoms with Crippen molar-refractivity contribution in [3.05, 3.63) is 180 Å². The first-order chi connectivity index (χ1) is 49.5. The Bertz CT molecular complexity index is 3840. The molecule has 0 aliphatic carbocycles. The fraction of sp³-hybridized carbons (Fsp3) is 0.488. The number of para-hydroxylation sites is 1. The topological polar surface area (TPSA) is 293 Å². The van der Waals surface area contributed by atoms with E-state index >= 15 is 0 Å². The van der Waals surface area contributed by atoms with Gasteiger partial charge in [-0.05, 0) is 124 Å². The summed E-state index contributed by atoms with van der Waals surface area (Å²) in [6.45, 7) is 13.9. The van der Waals surface area contributed by atoms with Gasteiger partial charge in [0.2, 0.25) is 17.7 Å². The number of H-pyrrole nitrogens is 1. The van der Waals surface area contributed by atoms with E-state index in [1.807, 2.05) is 191 Å². The second-order valence-corrected chi connectivity index (χ2v) is 30.7. The predicted octanol–water partition coefficient (Wildman–Crippen LogP) is 11.2. The number of carbonyl (C=O) groups is 10. The van der Waals surface area contributed by atoms with Crippen molar-refractivity contribution in [1.29, 1.82) is 0 Å². The number of hydrogen-bond donors (Lipinski definition) is 7. The Hall–Kier alpha value is -8.79. The van der Waals surface area contributed by atoms with Gasteiger partial charge >= 0.3 is 12.1 Å². The van der Waals surface area contributed by atoms with Crippen molar-refractivity contribution in [3.63, 3.8) is 0 Å². The molecule has 0 saturated carbocycles. The highest BCUT2D eigenvalue weighted by Gasteiger charge is 2.52. The van der Waals surface area contributed by atoms with Crippen LogP contribution in [-0.4, -0.2) is 135 Å². The molecule has 5 heterocycles. The zero-order valence-corrected chi connectivity index (χ0v) is 61.3. The zero-order valence-electron chi connectivity index (χ0n) is 60.5. The number of unbranched alkanes of at least 4 members (excludes halogenated alkanes) is 1. The molecule has 4 aliphatic heterocycles. The Labute approximate surface area is 609 Å². The minimum Gasteiger partial charge on any atom is -0.445 e. The van der Waals surface area contributed by atoms with Crippen LogP contribution >= 0.6 is 11.8 Å². The summed E-state index contributed by atoms with van der Waals surface area (Å²) in [4.78, 5) is 138. The van der Waals surface area contributed by atoms with E-state index in [-0.39, 0.29) is 109 Å². The highest BCUT2D eigenvalue weighted by Crippen LogP contribution is 2.35. The monoisotopic (exact) mass is 1430 g/mol. The van der Waals surface area contributed by atoms with Gasteiger partial charge in [0.25, 0.3) is 0 Å². The predicted molar refractivity (Wildman–Crippen MR) is 398 cm³/mol. The summed E-state index contributed by atoms with van der Waals surface area (Å²) < 4.78 is 16.2. The van der Waals surface area contributed by atoms with Crippen molar-refractivity contribution in [2.45, 2.75) is 204 Å². The van der Waals surface area contributed by atoms with Crippen LogP contribution in [0.15, 0.2) is 152 Å². The average Bonchev–Trinajstić information content (AvgIpc) is 1.66. The lowest BCUT2D eigenvalue weighted by Gasteiger charge is -2.27. The van der Waals surface area contributed by atoms with E-state index in [0.717, 1.165) is 57.3 Å². The van der Waals surface area contributed by atoms with Crippen molar-refractivity contribution in [2.75, 3.05) is 19.0 Å². The number of nitrogens with one attached hydrogen (secondary N) is 7. The number of fused-ring (bicyclic) bond motifs is 2. The lowest BCUT2D eigenvalue weighted by molar-refractivity contribution is -0.135. The number of amides is 6. The number of ketones is 5. The summed E-state index contributed by atoms with van der Waals surface area (Å²) in [7, 11) is 0. The van der Waals surface area contributed by atoms with Gasteiger partial charge < -0.3 is 51.1 Å². The molecule has 12 atom stereocenters. The van der Waals surface area contributed by atoms with Crippen molar-refractivity contribution >= 4 is 81.4 Å². The molecule has 21 heteroatoms. The Morgan fingerprint density at radius 1 is 0.563 bits per heavy atom. The maximum absolute atomic E-state index is 14.3. The lowest BCUT2D eigenvalue weighted by atomic mass is 9.87. The SMILES string of the molecule is CC(C)C[C@H](NC(=O)[C@H](CCc1ccccc1)CC(=O)CCCCC1SC[C@@H]2NC(=O)N[C@H]12)C(=O)C[C@@H](Cc1ccccc1)C(=O)N[C@@H](CC(C)C)C(=O)[C@@]1(C)CO1.CC[C@@H](NC(=O)OCc1ccccc1)C(=O)CC(Cc1c[nH]c2ccccc12)C(=O)N[C@@H](Cc1ccccc1)C(=O)[C@@]1(C)CO1. The van der Waals surface area contributed by atoms with Crippen LogP contribution < -0.4 is 31.9 Å². The number of carbonyl (C=O) groups excluding carboxylic acids is 10. The van der Waals surface area contributed by atoms with E-state index in [9.17, 15) is 47.9 Å². The molecule has 6 aromatic rings. The van der Waals surface area contributed by atoms with Crippen molar-refractivity contribution in [2.24, 2.45) is 29.6 Å². The normalized spacial score (nSPS) is 20.6. The number of ether oxygens (including phenoxy) is 3. The number of urea groups is 1. The zero-order chi connectivity index (χ0) is 73.6. The second kappa shape index (κ2) is 37.6. The molecule has 0 bridgehead atoms. The van der Waals surface area contributed by atoms with E-state index in [4.69, 9.17) is 14.2 Å². The van der Waals surface area contributed by atoms with E-state index in [1.165, 1.54) is 0 Å². The Balaban J connectivity index is 0.000000247. The molecule has 4 saturated heterocycles. The standard InChI is InChI=1S/C46H64N4O7S.C36H39N3O6/c1-29(2)22-36(39(52)26-34(24-32-16-10-7-11-17-32)44(55)48-37(23-30(3)4)42(53)46(5)28-57-46)47-43(54)33(21-20-31-14-8-6-9-15-31)25-35(51)18-12-13-19-40-41-38(27-58-40)49-45(56)50-41;1-3-29(39-35(43)44-22-25-14-8-5-9-15-25)32(40)20-26(19-27-21-37-30-17-11-10-16-28(27)30)34(42)38-31(33(41)36(2)23-45-36)18-24-12-6-4-7-13-24/h6-11,14-17,29-30,33-34,36-38,40-41H,12-13,18-28H2,1-5H3,(H,47,54)(H,48,55)(H2,49,50,56);4-17,21,26,29,31,37H,3,18-20,22-23H2,1-2H3,(H,38,42)(H,39,43)/t33-,34-,36+,37+,38+,40?,41+,46-;26?,29-,31+,36-/m11/s1. The fourth-order valence-corrected chi connectivity index (χ4v) is 15.2. The third-order valence-corrected chi connectivity index (χ3v) is 21.4. The van der Waals surface area contributed by atoms with Gasteiger partial charge in [-0.15, -0.1) is 0 Å². The van der Waals surface area contributed by atoms with Crippen molar-refractivity contribution in [1.82, 2.24) is 36.9 Å². The van der Waals surface area contributed by atoms with Crippen LogP contribution in [-0.2, 0) is 84.9 Å². The fourth-order valence-electron chi connectivity index (χ4n) is 13.7. The molecular formula is C82H103N7O13S. The molecule has 5 aromatic carbocycles. The number of rotatable bonds is 40. The minimum atomic E-state index is -0.938. The number of alkyl carbamates (subject to hydrolysis) is 1. The van der Waals surface area contributed by atoms with Gasteiger partial charge in [0, 0.05) is 71.5 Å². The Morgan fingerprint density at radius 2 is 1.07 bits per heavy atom. The van der Waals surface area contributed by atoms with Crippen LogP contribution in [0.3, 0.4) is 0 Å². The summed E-state index contributed by atoms with van der Waals surface area (Å²) in [6.07, 6.45) is 6.84. The number of aryl methyl sites for hydroxylation is 1. The molecule has 4 fully saturated rings. The minimum absolute atomic E-state index is 0.0169. The first-order valence-corrected chi connectivity index (χ1v) is 37.7.